The summed E-state index contributed by atoms with van der Waals surface area (Å²) >= 11 is 3.51. The van der Waals surface area contributed by atoms with E-state index < -0.39 is 0 Å². The Morgan fingerprint density at radius 1 is 1.47 bits per heavy atom. The zero-order valence-corrected chi connectivity index (χ0v) is 10.1. The van der Waals surface area contributed by atoms with Crippen molar-refractivity contribution in [2.24, 2.45) is 0 Å². The van der Waals surface area contributed by atoms with Crippen molar-refractivity contribution in [2.45, 2.75) is 19.8 Å². The van der Waals surface area contributed by atoms with E-state index in [1.165, 1.54) is 5.56 Å². The number of aliphatic hydroxyl groups excluding tert-OH is 1. The van der Waals surface area contributed by atoms with Crippen LogP contribution in [-0.2, 0) is 6.42 Å². The maximum absolute atomic E-state index is 8.81. The summed E-state index contributed by atoms with van der Waals surface area (Å²) in [6.45, 7) is 2.54. The second-order valence-corrected chi connectivity index (χ2v) is 4.33. The van der Waals surface area contributed by atoms with Gasteiger partial charge in [0, 0.05) is 6.61 Å². The van der Waals surface area contributed by atoms with Crippen LogP contribution in [0.1, 0.15) is 17.5 Å². The highest BCUT2D eigenvalue weighted by Gasteiger charge is 2.20. The van der Waals surface area contributed by atoms with Crippen LogP contribution in [0.4, 0.5) is 0 Å². The number of benzene rings is 1. The fourth-order valence-corrected chi connectivity index (χ4v) is 2.24. The van der Waals surface area contributed by atoms with Crippen LogP contribution >= 0.6 is 15.9 Å². The minimum Gasteiger partial charge on any atom is -0.454 e. The summed E-state index contributed by atoms with van der Waals surface area (Å²) in [5.41, 5.74) is 2.35. The molecule has 0 fully saturated rings. The van der Waals surface area contributed by atoms with Gasteiger partial charge in [0.15, 0.2) is 11.5 Å². The number of aryl methyl sites for hydroxylation is 1. The second kappa shape index (κ2) is 4.41. The third-order valence-electron chi connectivity index (χ3n) is 2.56. The number of fused-ring (bicyclic) bond motifs is 1. The van der Waals surface area contributed by atoms with Gasteiger partial charge in [-0.1, -0.05) is 0 Å². The normalized spacial score (nSPS) is 13.3. The quantitative estimate of drug-likeness (QED) is 0.919. The van der Waals surface area contributed by atoms with E-state index in [-0.39, 0.29) is 13.4 Å². The van der Waals surface area contributed by atoms with Crippen molar-refractivity contribution in [3.8, 4) is 11.5 Å². The highest BCUT2D eigenvalue weighted by Crippen LogP contribution is 2.42. The van der Waals surface area contributed by atoms with Gasteiger partial charge in [-0.05, 0) is 52.9 Å². The molecule has 0 bridgehead atoms. The number of ether oxygens (including phenoxy) is 2. The van der Waals surface area contributed by atoms with Gasteiger partial charge in [-0.3, -0.25) is 0 Å². The highest BCUT2D eigenvalue weighted by atomic mass is 79.9. The van der Waals surface area contributed by atoms with E-state index in [0.29, 0.717) is 0 Å². The average molecular weight is 273 g/mol. The zero-order valence-electron chi connectivity index (χ0n) is 8.55. The molecule has 1 heterocycles. The van der Waals surface area contributed by atoms with Crippen LogP contribution in [0.5, 0.6) is 11.5 Å². The first-order valence-corrected chi connectivity index (χ1v) is 5.71. The number of rotatable bonds is 3. The Kier molecular flexibility index (Phi) is 3.17. The molecule has 0 unspecified atom stereocenters. The summed E-state index contributed by atoms with van der Waals surface area (Å²) in [7, 11) is 0. The molecule has 1 aromatic carbocycles. The van der Waals surface area contributed by atoms with Gasteiger partial charge in [-0.2, -0.15) is 0 Å². The first-order valence-electron chi connectivity index (χ1n) is 4.92. The monoisotopic (exact) mass is 272 g/mol. The van der Waals surface area contributed by atoms with Gasteiger partial charge in [-0.15, -0.1) is 0 Å². The molecule has 1 N–H and O–H groups in total. The van der Waals surface area contributed by atoms with Gasteiger partial charge in [-0.25, -0.2) is 0 Å². The van der Waals surface area contributed by atoms with Crippen LogP contribution < -0.4 is 9.47 Å². The molecule has 3 nitrogen and oxygen atoms in total. The molecule has 0 atom stereocenters. The van der Waals surface area contributed by atoms with Gasteiger partial charge in [0.05, 0.1) is 4.47 Å². The minimum atomic E-state index is 0.214. The molecular weight excluding hydrogens is 260 g/mol. The van der Waals surface area contributed by atoms with E-state index in [1.54, 1.807) is 0 Å². The molecule has 0 amide bonds. The Balaban J connectivity index is 2.36. The molecule has 0 saturated carbocycles. The molecule has 0 aliphatic carbocycles. The summed E-state index contributed by atoms with van der Waals surface area (Å²) in [5, 5.41) is 8.81. The standard InChI is InChI=1S/C11H13BrO3/c1-7-8(3-2-4-13)5-9-11(10(7)12)15-6-14-9/h5,13H,2-4,6H2,1H3. The van der Waals surface area contributed by atoms with Crippen molar-refractivity contribution >= 4 is 15.9 Å². The van der Waals surface area contributed by atoms with E-state index in [9.17, 15) is 0 Å². The first kappa shape index (κ1) is 10.8. The van der Waals surface area contributed by atoms with Crippen LogP contribution in [0.2, 0.25) is 0 Å². The van der Waals surface area contributed by atoms with E-state index in [4.69, 9.17) is 14.6 Å². The minimum absolute atomic E-state index is 0.214. The maximum Gasteiger partial charge on any atom is 0.231 e. The molecular formula is C11H13BrO3. The summed E-state index contributed by atoms with van der Waals surface area (Å²) in [6, 6.07) is 2.00. The Bertz CT molecular complexity index is 377. The van der Waals surface area contributed by atoms with Crippen molar-refractivity contribution < 1.29 is 14.6 Å². The van der Waals surface area contributed by atoms with Crippen molar-refractivity contribution in [3.63, 3.8) is 0 Å². The lowest BCUT2D eigenvalue weighted by Gasteiger charge is -2.09. The Hall–Kier alpha value is -0.740. The van der Waals surface area contributed by atoms with Gasteiger partial charge in [0.1, 0.15) is 0 Å². The Labute approximate surface area is 97.1 Å². The van der Waals surface area contributed by atoms with E-state index in [1.807, 2.05) is 13.0 Å². The van der Waals surface area contributed by atoms with E-state index in [0.717, 1.165) is 34.4 Å². The van der Waals surface area contributed by atoms with Crippen molar-refractivity contribution in [2.75, 3.05) is 13.4 Å². The molecule has 1 aromatic rings. The largest absolute Gasteiger partial charge is 0.454 e. The van der Waals surface area contributed by atoms with Gasteiger partial charge in [0.2, 0.25) is 6.79 Å². The smallest absolute Gasteiger partial charge is 0.231 e. The van der Waals surface area contributed by atoms with Crippen molar-refractivity contribution in [3.05, 3.63) is 21.7 Å². The molecule has 0 spiro atoms. The number of hydrogen-bond donors (Lipinski definition) is 1. The van der Waals surface area contributed by atoms with Crippen LogP contribution in [-0.4, -0.2) is 18.5 Å². The summed E-state index contributed by atoms with van der Waals surface area (Å²) < 4.78 is 11.7. The van der Waals surface area contributed by atoms with Crippen LogP contribution in [0.3, 0.4) is 0 Å². The Morgan fingerprint density at radius 3 is 3.00 bits per heavy atom. The van der Waals surface area contributed by atoms with Crippen LogP contribution in [0.25, 0.3) is 0 Å². The van der Waals surface area contributed by atoms with Crippen LogP contribution in [0, 0.1) is 6.92 Å². The highest BCUT2D eigenvalue weighted by molar-refractivity contribution is 9.10. The average Bonchev–Trinajstić information content (AvgIpc) is 2.69. The van der Waals surface area contributed by atoms with Crippen molar-refractivity contribution in [1.29, 1.82) is 0 Å². The first-order chi connectivity index (χ1) is 7.24. The van der Waals surface area contributed by atoms with Gasteiger partial charge in [0.25, 0.3) is 0 Å². The molecule has 2 rings (SSSR count). The van der Waals surface area contributed by atoms with Gasteiger partial charge >= 0.3 is 0 Å². The SMILES string of the molecule is Cc1c(CCCO)cc2c(c1Br)OCO2. The van der Waals surface area contributed by atoms with E-state index in [2.05, 4.69) is 15.9 Å². The molecule has 15 heavy (non-hydrogen) atoms. The summed E-state index contributed by atoms with van der Waals surface area (Å²) in [5.74, 6) is 1.58. The predicted octanol–water partition coefficient (Wildman–Crippen LogP) is 2.41. The zero-order chi connectivity index (χ0) is 10.8. The topological polar surface area (TPSA) is 38.7 Å². The predicted molar refractivity (Wildman–Crippen MR) is 60.4 cm³/mol. The number of hydrogen-bond acceptors (Lipinski definition) is 3. The number of halogens is 1. The summed E-state index contributed by atoms with van der Waals surface area (Å²) in [6.07, 6.45) is 1.63. The lowest BCUT2D eigenvalue weighted by Crippen LogP contribution is -1.94. The van der Waals surface area contributed by atoms with E-state index >= 15 is 0 Å². The second-order valence-electron chi connectivity index (χ2n) is 3.54. The van der Waals surface area contributed by atoms with Crippen LogP contribution in [0.15, 0.2) is 10.5 Å². The lowest BCUT2D eigenvalue weighted by molar-refractivity contribution is 0.173. The fourth-order valence-electron chi connectivity index (χ4n) is 1.67. The maximum atomic E-state index is 8.81. The van der Waals surface area contributed by atoms with Gasteiger partial charge < -0.3 is 14.6 Å². The fraction of sp³-hybridized carbons (Fsp3) is 0.455. The molecule has 4 heteroatoms. The third kappa shape index (κ3) is 1.96. The Morgan fingerprint density at radius 2 is 2.27 bits per heavy atom. The molecule has 0 saturated heterocycles. The molecule has 0 radical (unpaired) electrons. The molecule has 0 aromatic heterocycles. The summed E-state index contributed by atoms with van der Waals surface area (Å²) in [4.78, 5) is 0. The third-order valence-corrected chi connectivity index (χ3v) is 3.52. The molecule has 1 aliphatic heterocycles. The lowest BCUT2D eigenvalue weighted by atomic mass is 10.0. The molecule has 82 valence electrons. The van der Waals surface area contributed by atoms with Crippen molar-refractivity contribution in [1.82, 2.24) is 0 Å². The number of aliphatic hydroxyl groups is 1. The molecule has 1 aliphatic rings.